The van der Waals surface area contributed by atoms with Crippen molar-refractivity contribution in [3.8, 4) is 0 Å². The van der Waals surface area contributed by atoms with E-state index >= 15 is 0 Å². The molecule has 0 spiro atoms. The molecule has 34 heavy (non-hydrogen) atoms. The van der Waals surface area contributed by atoms with Crippen LogP contribution < -0.4 is 10.6 Å². The fourth-order valence-electron chi connectivity index (χ4n) is 4.47. The van der Waals surface area contributed by atoms with Gasteiger partial charge in [0, 0.05) is 29.7 Å². The third-order valence-electron chi connectivity index (χ3n) is 6.28. The first-order valence-corrected chi connectivity index (χ1v) is 12.1. The van der Waals surface area contributed by atoms with Crippen molar-refractivity contribution in [2.75, 3.05) is 6.54 Å². The molecule has 4 rings (SSSR count). The highest BCUT2D eigenvalue weighted by Gasteiger charge is 2.40. The van der Waals surface area contributed by atoms with Crippen molar-refractivity contribution in [2.24, 2.45) is 0 Å². The van der Waals surface area contributed by atoms with Gasteiger partial charge < -0.3 is 15.6 Å². The molecule has 3 aromatic rings. The van der Waals surface area contributed by atoms with Crippen molar-refractivity contribution < 1.29 is 18.4 Å². The molecule has 0 aliphatic heterocycles. The van der Waals surface area contributed by atoms with Gasteiger partial charge in [-0.05, 0) is 82.7 Å². The summed E-state index contributed by atoms with van der Waals surface area (Å²) in [7, 11) is 0. The van der Waals surface area contributed by atoms with Crippen molar-refractivity contribution in [1.82, 2.24) is 15.6 Å². The Morgan fingerprint density at radius 3 is 2.65 bits per heavy atom. The Hall–Kier alpha value is -3.00. The number of H-pyrrole nitrogens is 1. The van der Waals surface area contributed by atoms with Gasteiger partial charge in [-0.1, -0.05) is 25.3 Å². The number of carbonyl (C=O) groups excluding carboxylic acids is 2. The van der Waals surface area contributed by atoms with Crippen LogP contribution in [-0.4, -0.2) is 28.9 Å². The number of aromatic nitrogens is 1. The van der Waals surface area contributed by atoms with Gasteiger partial charge in [-0.2, -0.15) is 0 Å². The second-order valence-corrected chi connectivity index (χ2v) is 9.50. The zero-order chi connectivity index (χ0) is 24.1. The molecule has 0 bridgehead atoms. The largest absolute Gasteiger partial charge is 0.361 e. The highest BCUT2D eigenvalue weighted by Crippen LogP contribution is 2.29. The minimum Gasteiger partial charge on any atom is -0.361 e. The van der Waals surface area contributed by atoms with Gasteiger partial charge in [0.05, 0.1) is 4.47 Å². The number of hydrogen-bond acceptors (Lipinski definition) is 2. The van der Waals surface area contributed by atoms with Gasteiger partial charge in [0.15, 0.2) is 0 Å². The predicted molar refractivity (Wildman–Crippen MR) is 132 cm³/mol. The normalized spacial score (nSPS) is 15.5. The van der Waals surface area contributed by atoms with Gasteiger partial charge in [0.2, 0.25) is 11.8 Å². The predicted octanol–water partition coefficient (Wildman–Crippen LogP) is 5.40. The average Bonchev–Trinajstić information content (AvgIpc) is 3.22. The first-order chi connectivity index (χ1) is 16.4. The van der Waals surface area contributed by atoms with Crippen LogP contribution in [0.25, 0.3) is 17.0 Å². The van der Waals surface area contributed by atoms with E-state index in [9.17, 15) is 18.4 Å². The number of hydrogen-bond donors (Lipinski definition) is 3. The van der Waals surface area contributed by atoms with E-state index < -0.39 is 5.54 Å². The van der Waals surface area contributed by atoms with Crippen LogP contribution in [0.2, 0.25) is 0 Å². The van der Waals surface area contributed by atoms with Crippen molar-refractivity contribution >= 4 is 44.7 Å². The van der Waals surface area contributed by atoms with Gasteiger partial charge in [-0.25, -0.2) is 8.78 Å². The molecule has 2 aromatic carbocycles. The van der Waals surface area contributed by atoms with Crippen molar-refractivity contribution in [1.29, 1.82) is 0 Å². The van der Waals surface area contributed by atoms with Gasteiger partial charge >= 0.3 is 0 Å². The molecule has 1 aliphatic rings. The lowest BCUT2D eigenvalue weighted by atomic mass is 9.80. The monoisotopic (exact) mass is 529 g/mol. The molecule has 0 saturated heterocycles. The maximum absolute atomic E-state index is 13.6. The minimum atomic E-state index is -0.963. The molecule has 1 aliphatic carbocycles. The summed E-state index contributed by atoms with van der Waals surface area (Å²) in [6, 6.07) is 9.06. The Morgan fingerprint density at radius 2 is 1.88 bits per heavy atom. The lowest BCUT2D eigenvalue weighted by molar-refractivity contribution is -0.133. The number of benzene rings is 2. The summed E-state index contributed by atoms with van der Waals surface area (Å²) in [6.07, 6.45) is 9.18. The zero-order valence-corrected chi connectivity index (χ0v) is 20.2. The van der Waals surface area contributed by atoms with E-state index in [1.54, 1.807) is 24.3 Å². The van der Waals surface area contributed by atoms with Gasteiger partial charge in [0.1, 0.15) is 17.2 Å². The van der Waals surface area contributed by atoms with Crippen LogP contribution in [0.5, 0.6) is 0 Å². The van der Waals surface area contributed by atoms with Crippen molar-refractivity contribution in [3.63, 3.8) is 0 Å². The molecule has 1 saturated carbocycles. The van der Waals surface area contributed by atoms with Gasteiger partial charge in [-0.3, -0.25) is 9.59 Å². The van der Waals surface area contributed by atoms with E-state index in [1.807, 2.05) is 6.20 Å². The van der Waals surface area contributed by atoms with E-state index in [2.05, 4.69) is 31.5 Å². The third kappa shape index (κ3) is 5.55. The number of halogens is 3. The lowest BCUT2D eigenvalue weighted by Gasteiger charge is -2.36. The molecule has 0 atom stereocenters. The van der Waals surface area contributed by atoms with E-state index in [1.165, 1.54) is 24.3 Å². The fraction of sp³-hybridized carbons (Fsp3) is 0.308. The summed E-state index contributed by atoms with van der Waals surface area (Å²) >= 11 is 3.13. The molecule has 178 valence electrons. The first kappa shape index (κ1) is 24.1. The maximum atomic E-state index is 13.6. The standard InChI is InChI=1S/C26H26BrF2N3O2/c27-21-14-17(4-7-22(21)29)5-9-24(33)32-26(11-2-1-3-12-26)25(34)30-13-10-18-16-31-23-8-6-19(28)15-20(18)23/h4-9,14-16,31H,1-3,10-13H2,(H,30,34)(H,32,33). The second kappa shape index (κ2) is 10.5. The summed E-state index contributed by atoms with van der Waals surface area (Å²) in [5.74, 6) is -1.26. The molecular formula is C26H26BrF2N3O2. The highest BCUT2D eigenvalue weighted by atomic mass is 79.9. The van der Waals surface area contributed by atoms with Gasteiger partial charge in [-0.15, -0.1) is 0 Å². The summed E-state index contributed by atoms with van der Waals surface area (Å²) in [5.41, 5.74) is 1.47. The van der Waals surface area contributed by atoms with Crippen LogP contribution >= 0.6 is 15.9 Å². The van der Waals surface area contributed by atoms with Crippen LogP contribution in [0, 0.1) is 11.6 Å². The molecule has 0 radical (unpaired) electrons. The molecule has 2 amide bonds. The van der Waals surface area contributed by atoms with Crippen molar-refractivity contribution in [3.05, 3.63) is 75.9 Å². The minimum absolute atomic E-state index is 0.204. The number of aromatic amines is 1. The average molecular weight is 530 g/mol. The number of rotatable bonds is 7. The van der Waals surface area contributed by atoms with Crippen LogP contribution in [0.15, 0.2) is 53.1 Å². The Labute approximate surface area is 205 Å². The Bertz CT molecular complexity index is 1230. The summed E-state index contributed by atoms with van der Waals surface area (Å²) in [4.78, 5) is 29.0. The molecule has 5 nitrogen and oxygen atoms in total. The molecular weight excluding hydrogens is 504 g/mol. The molecule has 3 N–H and O–H groups in total. The third-order valence-corrected chi connectivity index (χ3v) is 6.89. The van der Waals surface area contributed by atoms with Crippen LogP contribution in [0.1, 0.15) is 43.2 Å². The van der Waals surface area contributed by atoms with E-state index in [-0.39, 0.29) is 23.4 Å². The molecule has 1 aromatic heterocycles. The second-order valence-electron chi connectivity index (χ2n) is 8.65. The van der Waals surface area contributed by atoms with Crippen molar-refractivity contribution in [2.45, 2.75) is 44.1 Å². The van der Waals surface area contributed by atoms with Crippen LogP contribution in [0.3, 0.4) is 0 Å². The number of amides is 2. The molecule has 0 unspecified atom stereocenters. The first-order valence-electron chi connectivity index (χ1n) is 11.4. The SMILES string of the molecule is O=C(C=Cc1ccc(F)c(Br)c1)NC1(C(=O)NCCc2c[nH]c3ccc(F)cc23)CCCCC1. The number of nitrogens with one attached hydrogen (secondary N) is 3. The van der Waals surface area contributed by atoms with Gasteiger partial charge in [0.25, 0.3) is 0 Å². The summed E-state index contributed by atoms with van der Waals surface area (Å²) in [6.45, 7) is 0.374. The Balaban J connectivity index is 1.40. The summed E-state index contributed by atoms with van der Waals surface area (Å²) < 4.78 is 27.4. The maximum Gasteiger partial charge on any atom is 0.245 e. The lowest BCUT2D eigenvalue weighted by Crippen LogP contribution is -2.59. The summed E-state index contributed by atoms with van der Waals surface area (Å²) in [5, 5.41) is 6.70. The molecule has 1 fully saturated rings. The smallest absolute Gasteiger partial charge is 0.245 e. The highest BCUT2D eigenvalue weighted by molar-refractivity contribution is 9.10. The van der Waals surface area contributed by atoms with Crippen LogP contribution in [-0.2, 0) is 16.0 Å². The zero-order valence-electron chi connectivity index (χ0n) is 18.6. The molecule has 8 heteroatoms. The molecule has 1 heterocycles. The topological polar surface area (TPSA) is 74.0 Å². The number of fused-ring (bicyclic) bond motifs is 1. The van der Waals surface area contributed by atoms with E-state index in [0.717, 1.165) is 35.7 Å². The Morgan fingerprint density at radius 1 is 1.09 bits per heavy atom. The number of carbonyl (C=O) groups is 2. The fourth-order valence-corrected chi connectivity index (χ4v) is 4.86. The van der Waals surface area contributed by atoms with E-state index in [0.29, 0.717) is 35.8 Å². The quantitative estimate of drug-likeness (QED) is 0.358. The Kier molecular flexibility index (Phi) is 7.46. The van der Waals surface area contributed by atoms with E-state index in [4.69, 9.17) is 0 Å². The van der Waals surface area contributed by atoms with Crippen LogP contribution in [0.4, 0.5) is 8.78 Å².